The summed E-state index contributed by atoms with van der Waals surface area (Å²) in [5, 5.41) is 0.555. The average molecular weight is 510 g/mol. The molecule has 0 unspecified atom stereocenters. The third kappa shape index (κ3) is 4.36. The highest BCUT2D eigenvalue weighted by molar-refractivity contribution is 7.92. The molecule has 0 saturated carbocycles. The summed E-state index contributed by atoms with van der Waals surface area (Å²) in [6, 6.07) is 11.4. The van der Waals surface area contributed by atoms with E-state index in [0.29, 0.717) is 22.7 Å². The minimum absolute atomic E-state index is 0.0359. The zero-order valence-electron chi connectivity index (χ0n) is 17.2. The van der Waals surface area contributed by atoms with Gasteiger partial charge in [-0.25, -0.2) is 18.1 Å². The molecule has 0 bridgehead atoms. The van der Waals surface area contributed by atoms with Crippen LogP contribution in [0.15, 0.2) is 71.9 Å². The number of pyridine rings is 1. The second-order valence-corrected chi connectivity index (χ2v) is 9.73. The van der Waals surface area contributed by atoms with Crippen LogP contribution in [-0.4, -0.2) is 42.3 Å². The summed E-state index contributed by atoms with van der Waals surface area (Å²) in [4.78, 5) is 30.7. The second-order valence-electron chi connectivity index (χ2n) is 7.35. The van der Waals surface area contributed by atoms with Crippen molar-refractivity contribution in [2.45, 2.75) is 16.9 Å². The quantitative estimate of drug-likeness (QED) is 0.467. The summed E-state index contributed by atoms with van der Waals surface area (Å²) < 4.78 is 61.4. The highest BCUT2D eigenvalue weighted by Crippen LogP contribution is 2.32. The second kappa shape index (κ2) is 8.73. The van der Waals surface area contributed by atoms with Crippen molar-refractivity contribution in [3.05, 3.63) is 77.6 Å². The van der Waals surface area contributed by atoms with Crippen LogP contribution >= 0.6 is 11.6 Å². The van der Waals surface area contributed by atoms with Gasteiger partial charge in [0.15, 0.2) is 0 Å². The number of amides is 3. The Morgan fingerprint density at radius 1 is 0.971 bits per heavy atom. The Bertz CT molecular complexity index is 1360. The third-order valence-corrected chi connectivity index (χ3v) is 6.93. The molecular formula is C22H15ClF3N3O4S. The Balaban J connectivity index is 1.57. The van der Waals surface area contributed by atoms with E-state index < -0.39 is 32.2 Å². The fraction of sp³-hybridized carbons (Fsp3) is 0.136. The summed E-state index contributed by atoms with van der Waals surface area (Å²) in [7, 11) is -5.54. The molecule has 12 heteroatoms. The van der Waals surface area contributed by atoms with Crippen LogP contribution in [-0.2, 0) is 21.2 Å². The Labute approximate surface area is 197 Å². The first-order chi connectivity index (χ1) is 16.0. The van der Waals surface area contributed by atoms with Crippen LogP contribution in [0.3, 0.4) is 0 Å². The Morgan fingerprint density at radius 2 is 1.62 bits per heavy atom. The molecule has 1 aliphatic heterocycles. The third-order valence-electron chi connectivity index (χ3n) is 5.18. The van der Waals surface area contributed by atoms with Gasteiger partial charge in [-0.3, -0.25) is 9.78 Å². The first-order valence-corrected chi connectivity index (χ1v) is 11.6. The number of carbonyl (C=O) groups excluding carboxylic acids is 2. The van der Waals surface area contributed by atoms with Crippen molar-refractivity contribution >= 4 is 39.1 Å². The number of hydrogen-bond acceptors (Lipinski definition) is 5. The topological polar surface area (TPSA) is 87.7 Å². The van der Waals surface area contributed by atoms with E-state index >= 15 is 0 Å². The van der Waals surface area contributed by atoms with Crippen molar-refractivity contribution in [1.29, 1.82) is 0 Å². The number of urea groups is 1. The van der Waals surface area contributed by atoms with E-state index in [1.54, 1.807) is 42.7 Å². The fourth-order valence-corrected chi connectivity index (χ4v) is 4.38. The normalized spacial score (nSPS) is 14.7. The highest BCUT2D eigenvalue weighted by atomic mass is 35.5. The van der Waals surface area contributed by atoms with Crippen molar-refractivity contribution < 1.29 is 31.2 Å². The average Bonchev–Trinajstić information content (AvgIpc) is 3.07. The molecule has 0 atom stereocenters. The summed E-state index contributed by atoms with van der Waals surface area (Å²) in [5.41, 5.74) is -3.24. The number of benzene rings is 2. The van der Waals surface area contributed by atoms with Gasteiger partial charge in [-0.1, -0.05) is 23.7 Å². The minimum Gasteiger partial charge on any atom is -0.310 e. The number of sulfone groups is 1. The molecule has 1 saturated heterocycles. The molecule has 0 N–H and O–H groups in total. The first-order valence-electron chi connectivity index (χ1n) is 9.71. The lowest BCUT2D eigenvalue weighted by Crippen LogP contribution is -2.33. The lowest BCUT2D eigenvalue weighted by Gasteiger charge is -2.19. The van der Waals surface area contributed by atoms with Crippen LogP contribution in [0.5, 0.6) is 0 Å². The van der Waals surface area contributed by atoms with Gasteiger partial charge < -0.3 is 4.90 Å². The van der Waals surface area contributed by atoms with Crippen LogP contribution in [0.4, 0.5) is 23.7 Å². The molecule has 3 amide bonds. The van der Waals surface area contributed by atoms with Crippen LogP contribution in [0.2, 0.25) is 5.02 Å². The van der Waals surface area contributed by atoms with Gasteiger partial charge in [-0.15, -0.1) is 0 Å². The van der Waals surface area contributed by atoms with Crippen molar-refractivity contribution in [1.82, 2.24) is 9.88 Å². The Morgan fingerprint density at radius 3 is 2.24 bits per heavy atom. The number of halogens is 4. The minimum atomic E-state index is -5.54. The smallest absolute Gasteiger partial charge is 0.310 e. The predicted molar refractivity (Wildman–Crippen MR) is 118 cm³/mol. The lowest BCUT2D eigenvalue weighted by atomic mass is 10.0. The van der Waals surface area contributed by atoms with Gasteiger partial charge in [0.25, 0.3) is 15.7 Å². The van der Waals surface area contributed by atoms with Gasteiger partial charge in [-0.05, 0) is 53.6 Å². The molecule has 176 valence electrons. The monoisotopic (exact) mass is 509 g/mol. The molecule has 34 heavy (non-hydrogen) atoms. The molecule has 3 aromatic rings. The summed E-state index contributed by atoms with van der Waals surface area (Å²) >= 11 is 5.94. The summed E-state index contributed by atoms with van der Waals surface area (Å²) in [5.74, 6) is -0.599. The predicted octanol–water partition coefficient (Wildman–Crippen LogP) is 4.66. The SMILES string of the molecule is O=C1CN(Cc2ccncc2-c2ccc(Cl)cc2)C(=O)N1c1ccc(S(=O)(=O)C(F)(F)F)cc1. The van der Waals surface area contributed by atoms with E-state index in [1.165, 1.54) is 4.90 Å². The number of anilines is 1. The molecular weight excluding hydrogens is 495 g/mol. The van der Waals surface area contributed by atoms with Crippen molar-refractivity contribution in [2.24, 2.45) is 0 Å². The molecule has 0 radical (unpaired) electrons. The van der Waals surface area contributed by atoms with Crippen LogP contribution in [0.25, 0.3) is 11.1 Å². The molecule has 1 aliphatic rings. The lowest BCUT2D eigenvalue weighted by molar-refractivity contribution is -0.116. The van der Waals surface area contributed by atoms with Gasteiger partial charge in [0, 0.05) is 29.5 Å². The van der Waals surface area contributed by atoms with E-state index in [1.807, 2.05) is 0 Å². The Kier molecular flexibility index (Phi) is 6.09. The summed E-state index contributed by atoms with van der Waals surface area (Å²) in [6.07, 6.45) is 3.17. The molecule has 1 aromatic heterocycles. The van der Waals surface area contributed by atoms with E-state index in [4.69, 9.17) is 11.6 Å². The molecule has 2 heterocycles. The van der Waals surface area contributed by atoms with Crippen LogP contribution < -0.4 is 4.90 Å². The van der Waals surface area contributed by atoms with Crippen molar-refractivity contribution in [3.8, 4) is 11.1 Å². The highest BCUT2D eigenvalue weighted by Gasteiger charge is 2.47. The van der Waals surface area contributed by atoms with E-state index in [0.717, 1.165) is 28.2 Å². The standard InChI is InChI=1S/C22H15ClF3N3O4S/c23-16-3-1-14(2-4-16)19-11-27-10-9-15(19)12-28-13-20(30)29(21(28)31)17-5-7-18(8-6-17)34(32,33)22(24,25)26/h1-11H,12-13H2. The van der Waals surface area contributed by atoms with Crippen LogP contribution in [0, 0.1) is 0 Å². The maximum absolute atomic E-state index is 13.0. The zero-order chi connectivity index (χ0) is 24.7. The number of alkyl halides is 3. The molecule has 4 rings (SSSR count). The molecule has 2 aromatic carbocycles. The molecule has 7 nitrogen and oxygen atoms in total. The van der Waals surface area contributed by atoms with Gasteiger partial charge in [0.05, 0.1) is 10.6 Å². The number of imide groups is 1. The number of aromatic nitrogens is 1. The van der Waals surface area contributed by atoms with E-state index in [-0.39, 0.29) is 18.8 Å². The van der Waals surface area contributed by atoms with Gasteiger partial charge >= 0.3 is 11.5 Å². The van der Waals surface area contributed by atoms with Crippen molar-refractivity contribution in [3.63, 3.8) is 0 Å². The van der Waals surface area contributed by atoms with E-state index in [2.05, 4.69) is 4.98 Å². The zero-order valence-corrected chi connectivity index (χ0v) is 18.7. The van der Waals surface area contributed by atoms with E-state index in [9.17, 15) is 31.2 Å². The molecule has 0 spiro atoms. The number of hydrogen-bond donors (Lipinski definition) is 0. The van der Waals surface area contributed by atoms with Crippen LogP contribution in [0.1, 0.15) is 5.56 Å². The van der Waals surface area contributed by atoms with Gasteiger partial charge in [0.2, 0.25) is 0 Å². The maximum Gasteiger partial charge on any atom is 0.501 e. The molecule has 0 aliphatic carbocycles. The largest absolute Gasteiger partial charge is 0.501 e. The summed E-state index contributed by atoms with van der Waals surface area (Å²) in [6.45, 7) is -0.189. The Hall–Kier alpha value is -3.44. The maximum atomic E-state index is 13.0. The molecule has 1 fully saturated rings. The number of rotatable bonds is 5. The number of carbonyl (C=O) groups is 2. The number of nitrogens with zero attached hydrogens (tertiary/aromatic N) is 3. The van der Waals surface area contributed by atoms with Crippen molar-refractivity contribution in [2.75, 3.05) is 11.4 Å². The van der Waals surface area contributed by atoms with Gasteiger partial charge in [0.1, 0.15) is 6.54 Å². The van der Waals surface area contributed by atoms with Gasteiger partial charge in [-0.2, -0.15) is 13.2 Å². The fourth-order valence-electron chi connectivity index (χ4n) is 3.49. The first kappa shape index (κ1) is 23.7.